The summed E-state index contributed by atoms with van der Waals surface area (Å²) in [4.78, 5) is 0. The Balaban J connectivity index is 0.00000128. The van der Waals surface area contributed by atoms with Gasteiger partial charge in [-0.15, -0.1) is 0 Å². The first kappa shape index (κ1) is 17.4. The zero-order valence-electron chi connectivity index (χ0n) is 10.2. The quantitative estimate of drug-likeness (QED) is 0.557. The minimum atomic E-state index is -0.369. The molecule has 0 heterocycles. The Morgan fingerprint density at radius 2 is 2.00 bits per heavy atom. The maximum Gasteiger partial charge on any atom is -1.00 e. The molecule has 17 heavy (non-hydrogen) atoms. The van der Waals surface area contributed by atoms with Gasteiger partial charge in [-0.25, -0.2) is 0 Å². The second-order valence-electron chi connectivity index (χ2n) is 4.21. The predicted molar refractivity (Wildman–Crippen MR) is 62.1 cm³/mol. The van der Waals surface area contributed by atoms with Gasteiger partial charge in [0.15, 0.2) is 0 Å². The molecule has 2 aliphatic carbocycles. The zero-order valence-corrected chi connectivity index (χ0v) is 14.1. The molecule has 3 heteroatoms. The molecule has 0 saturated carbocycles. The first-order valence-corrected chi connectivity index (χ1v) is 8.36. The average molecular weight is 348 g/mol. The maximum atomic E-state index is 2.50. The van der Waals surface area contributed by atoms with Gasteiger partial charge in [-0.2, -0.15) is 0 Å². The van der Waals surface area contributed by atoms with Crippen LogP contribution in [0.1, 0.15) is 39.0 Å². The van der Waals surface area contributed by atoms with Gasteiger partial charge in [-0.1, -0.05) is 0 Å². The predicted octanol–water partition coefficient (Wildman–Crippen LogP) is -1.68. The molecule has 0 nitrogen and oxygen atoms in total. The van der Waals surface area contributed by atoms with Crippen molar-refractivity contribution >= 4 is 0 Å². The van der Waals surface area contributed by atoms with E-state index in [2.05, 4.69) is 37.3 Å². The minimum Gasteiger partial charge on any atom is -1.00 e. The van der Waals surface area contributed by atoms with Crippen molar-refractivity contribution in [2.75, 3.05) is 0 Å². The molecule has 0 fully saturated rings. The maximum absolute atomic E-state index is 2.50. The molecule has 0 aromatic heterocycles. The second-order valence-corrected chi connectivity index (χ2v) is 7.98. The molecule has 0 N–H and O–H groups in total. The van der Waals surface area contributed by atoms with E-state index in [1.807, 2.05) is 0 Å². The molecule has 92 valence electrons. The van der Waals surface area contributed by atoms with Crippen LogP contribution in [-0.4, -0.2) is 0 Å². The van der Waals surface area contributed by atoms with Gasteiger partial charge in [0.1, 0.15) is 0 Å². The summed E-state index contributed by atoms with van der Waals surface area (Å²) in [5, 5.41) is 0. The molecule has 0 aromatic carbocycles. The SMILES string of the molecule is CCCCC1=CC[C]([Zr+2][C]2=CC=CC2)=C1.[Cl-].[Cl-]. The van der Waals surface area contributed by atoms with Crippen LogP contribution in [0.2, 0.25) is 0 Å². The van der Waals surface area contributed by atoms with Crippen LogP contribution in [0.25, 0.3) is 0 Å². The van der Waals surface area contributed by atoms with Gasteiger partial charge >= 0.3 is 105 Å². The molecule has 0 bridgehead atoms. The summed E-state index contributed by atoms with van der Waals surface area (Å²) in [5.41, 5.74) is 1.61. The van der Waals surface area contributed by atoms with Gasteiger partial charge in [0.25, 0.3) is 0 Å². The molecule has 0 amide bonds. The normalized spacial score (nSPS) is 16.4. The molecular weight excluding hydrogens is 330 g/mol. The molecule has 0 unspecified atom stereocenters. The largest absolute Gasteiger partial charge is 1.00 e. The first-order chi connectivity index (χ1) is 7.38. The van der Waals surface area contributed by atoms with E-state index in [-0.39, 0.29) is 48.0 Å². The van der Waals surface area contributed by atoms with E-state index in [9.17, 15) is 0 Å². The number of hydrogen-bond acceptors (Lipinski definition) is 0. The smallest absolute Gasteiger partial charge is 1.00 e. The number of allylic oxidation sites excluding steroid dienone is 8. The fraction of sp³-hybridized carbons (Fsp3) is 0.429. The summed E-state index contributed by atoms with van der Waals surface area (Å²) in [6.45, 7) is 2.27. The third-order valence-electron chi connectivity index (χ3n) is 2.86. The van der Waals surface area contributed by atoms with Crippen molar-refractivity contribution < 1.29 is 48.0 Å². The van der Waals surface area contributed by atoms with Crippen molar-refractivity contribution in [3.63, 3.8) is 0 Å². The summed E-state index contributed by atoms with van der Waals surface area (Å²) >= 11 is -0.369. The monoisotopic (exact) mass is 346 g/mol. The first-order valence-electron chi connectivity index (χ1n) is 5.91. The molecule has 0 spiro atoms. The van der Waals surface area contributed by atoms with Crippen molar-refractivity contribution in [3.8, 4) is 0 Å². The van der Waals surface area contributed by atoms with E-state index in [0.717, 1.165) is 0 Å². The Kier molecular flexibility index (Phi) is 9.60. The van der Waals surface area contributed by atoms with Gasteiger partial charge in [0, 0.05) is 0 Å². The topological polar surface area (TPSA) is 0 Å². The zero-order chi connectivity index (χ0) is 10.5. The minimum absolute atomic E-state index is 0. The molecule has 2 rings (SSSR count). The van der Waals surface area contributed by atoms with Crippen LogP contribution in [0.3, 0.4) is 0 Å². The Morgan fingerprint density at radius 1 is 1.18 bits per heavy atom. The number of rotatable bonds is 5. The van der Waals surface area contributed by atoms with E-state index in [0.29, 0.717) is 0 Å². The standard InChI is InChI=1S/C9H13.C5H5.2ClH.Zr/c1-2-3-6-9-7-4-5-8-9;1-2-4-5-3-1;;;/h7-8H,2-4,6H2,1H3;1-3H,4H2;2*1H;/q;;;;+2/p-2. The van der Waals surface area contributed by atoms with Crippen LogP contribution in [0.15, 0.2) is 42.5 Å². The average Bonchev–Trinajstić information content (AvgIpc) is 2.87. The Morgan fingerprint density at radius 3 is 2.65 bits per heavy atom. The molecule has 0 aromatic rings. The molecule has 0 saturated heterocycles. The van der Waals surface area contributed by atoms with Crippen LogP contribution >= 0.6 is 0 Å². The summed E-state index contributed by atoms with van der Waals surface area (Å²) in [6, 6.07) is 0. The third-order valence-corrected chi connectivity index (χ3v) is 6.20. The molecule has 0 aliphatic heterocycles. The fourth-order valence-electron chi connectivity index (χ4n) is 1.97. The Hall–Kier alpha value is 0.423. The van der Waals surface area contributed by atoms with Crippen molar-refractivity contribution in [2.24, 2.45) is 0 Å². The van der Waals surface area contributed by atoms with Crippen molar-refractivity contribution in [1.29, 1.82) is 0 Å². The van der Waals surface area contributed by atoms with E-state index < -0.39 is 0 Å². The second kappa shape index (κ2) is 9.37. The summed E-state index contributed by atoms with van der Waals surface area (Å²) < 4.78 is 3.52. The Labute approximate surface area is 129 Å². The fourth-order valence-corrected chi connectivity index (χ4v) is 5.10. The molecule has 0 atom stereocenters. The number of unbranched alkanes of at least 4 members (excludes halogenated alkanes) is 1. The summed E-state index contributed by atoms with van der Waals surface area (Å²) in [7, 11) is 0. The van der Waals surface area contributed by atoms with Gasteiger partial charge in [-0.3, -0.25) is 0 Å². The van der Waals surface area contributed by atoms with Crippen molar-refractivity contribution in [1.82, 2.24) is 0 Å². The Bertz CT molecular complexity index is 351. The van der Waals surface area contributed by atoms with Crippen LogP contribution in [0.4, 0.5) is 0 Å². The summed E-state index contributed by atoms with van der Waals surface area (Å²) in [6.07, 6.45) is 18.3. The van der Waals surface area contributed by atoms with Crippen molar-refractivity contribution in [3.05, 3.63) is 42.5 Å². The van der Waals surface area contributed by atoms with Gasteiger partial charge in [0.05, 0.1) is 0 Å². The molecule has 2 aliphatic rings. The van der Waals surface area contributed by atoms with Gasteiger partial charge in [0.2, 0.25) is 0 Å². The third kappa shape index (κ3) is 5.73. The van der Waals surface area contributed by atoms with E-state index >= 15 is 0 Å². The van der Waals surface area contributed by atoms with E-state index in [1.165, 1.54) is 32.1 Å². The molecule has 0 radical (unpaired) electrons. The van der Waals surface area contributed by atoms with E-state index in [1.54, 1.807) is 12.1 Å². The number of hydrogen-bond donors (Lipinski definition) is 0. The van der Waals surface area contributed by atoms with Gasteiger partial charge < -0.3 is 24.8 Å². The van der Waals surface area contributed by atoms with Gasteiger partial charge in [-0.05, 0) is 0 Å². The van der Waals surface area contributed by atoms with Crippen LogP contribution in [0, 0.1) is 0 Å². The number of halogens is 2. The molecular formula is C14H18Cl2Zr. The van der Waals surface area contributed by atoms with Crippen LogP contribution in [-0.2, 0) is 23.2 Å². The van der Waals surface area contributed by atoms with Crippen LogP contribution in [0.5, 0.6) is 0 Å². The van der Waals surface area contributed by atoms with Crippen molar-refractivity contribution in [2.45, 2.75) is 39.0 Å². The van der Waals surface area contributed by atoms with Crippen LogP contribution < -0.4 is 24.8 Å². The summed E-state index contributed by atoms with van der Waals surface area (Å²) in [5.74, 6) is 0. The van der Waals surface area contributed by atoms with E-state index in [4.69, 9.17) is 0 Å².